The van der Waals surface area contributed by atoms with Crippen molar-refractivity contribution in [2.75, 3.05) is 10.2 Å². The van der Waals surface area contributed by atoms with E-state index in [-0.39, 0.29) is 18.0 Å². The van der Waals surface area contributed by atoms with E-state index in [0.29, 0.717) is 5.11 Å². The molecule has 1 saturated heterocycles. The van der Waals surface area contributed by atoms with E-state index in [1.807, 2.05) is 60.9 Å². The Bertz CT molecular complexity index is 1430. The first-order chi connectivity index (χ1) is 17.3. The SMILES string of the molecule is CC(=O)Nc1ccc(N2C(=S)N[C@H](c3ccccn3)[C@H]2c2cc(C)n(-c3cc(C)ccn3)c2C)cc1. The zero-order valence-corrected chi connectivity index (χ0v) is 21.5. The Balaban J connectivity index is 1.63. The van der Waals surface area contributed by atoms with E-state index in [1.54, 1.807) is 0 Å². The normalized spacial score (nSPS) is 17.2. The number of hydrogen-bond donors (Lipinski definition) is 2. The molecule has 7 nitrogen and oxygen atoms in total. The lowest BCUT2D eigenvalue weighted by Crippen LogP contribution is -2.29. The Morgan fingerprint density at radius 3 is 2.44 bits per heavy atom. The average molecular weight is 497 g/mol. The molecule has 0 saturated carbocycles. The van der Waals surface area contributed by atoms with Gasteiger partial charge in [-0.05, 0) is 98.7 Å². The molecule has 0 unspecified atom stereocenters. The molecule has 1 fully saturated rings. The summed E-state index contributed by atoms with van der Waals surface area (Å²) in [5, 5.41) is 6.97. The molecule has 1 aliphatic rings. The predicted octanol–water partition coefficient (Wildman–Crippen LogP) is 5.33. The van der Waals surface area contributed by atoms with E-state index >= 15 is 0 Å². The molecule has 5 rings (SSSR count). The molecule has 1 aliphatic heterocycles. The van der Waals surface area contributed by atoms with E-state index in [1.165, 1.54) is 6.92 Å². The number of amides is 1. The maximum absolute atomic E-state index is 11.5. The molecular weight excluding hydrogens is 468 g/mol. The van der Waals surface area contributed by atoms with Crippen molar-refractivity contribution in [3.05, 3.63) is 101 Å². The van der Waals surface area contributed by atoms with Crippen LogP contribution in [0.25, 0.3) is 5.82 Å². The molecule has 4 heterocycles. The van der Waals surface area contributed by atoms with Crippen molar-refractivity contribution < 1.29 is 4.79 Å². The summed E-state index contributed by atoms with van der Waals surface area (Å²) in [4.78, 5) is 22.9. The molecule has 0 radical (unpaired) electrons. The minimum atomic E-state index is -0.145. The second-order valence-corrected chi connectivity index (χ2v) is 9.46. The third-order valence-corrected chi connectivity index (χ3v) is 6.80. The van der Waals surface area contributed by atoms with Gasteiger partial charge in [-0.25, -0.2) is 4.98 Å². The summed E-state index contributed by atoms with van der Waals surface area (Å²) >= 11 is 5.87. The molecule has 1 amide bonds. The molecule has 3 aromatic heterocycles. The van der Waals surface area contributed by atoms with E-state index in [0.717, 1.165) is 45.4 Å². The maximum atomic E-state index is 11.5. The summed E-state index contributed by atoms with van der Waals surface area (Å²) in [5.41, 5.74) is 7.09. The molecule has 0 spiro atoms. The fraction of sp³-hybridized carbons (Fsp3) is 0.214. The second kappa shape index (κ2) is 9.54. The number of carbonyl (C=O) groups is 1. The first-order valence-corrected chi connectivity index (χ1v) is 12.2. The van der Waals surface area contributed by atoms with Gasteiger partial charge in [0.25, 0.3) is 0 Å². The van der Waals surface area contributed by atoms with Crippen LogP contribution in [-0.2, 0) is 4.79 Å². The number of pyridine rings is 2. The largest absolute Gasteiger partial charge is 0.351 e. The number of nitrogens with one attached hydrogen (secondary N) is 2. The molecule has 2 atom stereocenters. The molecule has 182 valence electrons. The molecule has 4 aromatic rings. The van der Waals surface area contributed by atoms with E-state index in [2.05, 4.69) is 63.0 Å². The average Bonchev–Trinajstić information content (AvgIpc) is 3.35. The number of aromatic nitrogens is 3. The van der Waals surface area contributed by atoms with Crippen molar-refractivity contribution in [1.82, 2.24) is 19.9 Å². The van der Waals surface area contributed by atoms with Crippen molar-refractivity contribution in [2.45, 2.75) is 39.8 Å². The zero-order chi connectivity index (χ0) is 25.4. The summed E-state index contributed by atoms with van der Waals surface area (Å²) in [5.74, 6) is 0.789. The lowest BCUT2D eigenvalue weighted by atomic mass is 9.96. The van der Waals surface area contributed by atoms with E-state index in [9.17, 15) is 4.79 Å². The predicted molar refractivity (Wildman–Crippen MR) is 146 cm³/mol. The fourth-order valence-electron chi connectivity index (χ4n) is 4.94. The van der Waals surface area contributed by atoms with Gasteiger partial charge in [-0.2, -0.15) is 0 Å². The van der Waals surface area contributed by atoms with Crippen molar-refractivity contribution in [3.63, 3.8) is 0 Å². The van der Waals surface area contributed by atoms with Gasteiger partial charge in [0.15, 0.2) is 5.11 Å². The first-order valence-electron chi connectivity index (χ1n) is 11.8. The molecule has 0 aliphatic carbocycles. The van der Waals surface area contributed by atoms with E-state index < -0.39 is 0 Å². The monoisotopic (exact) mass is 496 g/mol. The molecular formula is C28H28N6OS. The summed E-state index contributed by atoms with van der Waals surface area (Å²) < 4.78 is 2.19. The van der Waals surface area contributed by atoms with Gasteiger partial charge in [0.2, 0.25) is 5.91 Å². The van der Waals surface area contributed by atoms with E-state index in [4.69, 9.17) is 12.2 Å². The van der Waals surface area contributed by atoms with Gasteiger partial charge >= 0.3 is 0 Å². The van der Waals surface area contributed by atoms with Crippen molar-refractivity contribution in [3.8, 4) is 5.82 Å². The van der Waals surface area contributed by atoms with Gasteiger partial charge in [-0.1, -0.05) is 6.07 Å². The van der Waals surface area contributed by atoms with Crippen LogP contribution in [0.15, 0.2) is 73.1 Å². The molecule has 1 aromatic carbocycles. The van der Waals surface area contributed by atoms with Crippen LogP contribution in [-0.4, -0.2) is 25.6 Å². The number of benzene rings is 1. The Labute approximate surface area is 216 Å². The zero-order valence-electron chi connectivity index (χ0n) is 20.7. The highest BCUT2D eigenvalue weighted by Crippen LogP contribution is 2.43. The third kappa shape index (κ3) is 4.35. The molecule has 36 heavy (non-hydrogen) atoms. The maximum Gasteiger partial charge on any atom is 0.221 e. The van der Waals surface area contributed by atoms with Gasteiger partial charge in [0, 0.05) is 42.1 Å². The van der Waals surface area contributed by atoms with Crippen LogP contribution in [0.4, 0.5) is 11.4 Å². The number of thiocarbonyl (C=S) groups is 1. The minimum absolute atomic E-state index is 0.105. The summed E-state index contributed by atoms with van der Waals surface area (Å²) in [6.45, 7) is 7.80. The number of hydrogen-bond acceptors (Lipinski definition) is 4. The van der Waals surface area contributed by atoms with Crippen LogP contribution in [0.5, 0.6) is 0 Å². The topological polar surface area (TPSA) is 75.1 Å². The number of anilines is 2. The summed E-state index contributed by atoms with van der Waals surface area (Å²) in [6.07, 6.45) is 3.65. The molecule has 2 N–H and O–H groups in total. The van der Waals surface area contributed by atoms with Crippen LogP contribution in [0, 0.1) is 20.8 Å². The third-order valence-electron chi connectivity index (χ3n) is 6.48. The van der Waals surface area contributed by atoms with Gasteiger partial charge in [0.1, 0.15) is 5.82 Å². The van der Waals surface area contributed by atoms with Crippen LogP contribution in [0.2, 0.25) is 0 Å². The quantitative estimate of drug-likeness (QED) is 0.364. The fourth-order valence-corrected chi connectivity index (χ4v) is 5.29. The molecule has 8 heteroatoms. The van der Waals surface area contributed by atoms with Gasteiger partial charge in [-0.3, -0.25) is 9.78 Å². The Morgan fingerprint density at radius 2 is 1.78 bits per heavy atom. The van der Waals surface area contributed by atoms with Crippen LogP contribution < -0.4 is 15.5 Å². The second-order valence-electron chi connectivity index (χ2n) is 9.08. The lowest BCUT2D eigenvalue weighted by molar-refractivity contribution is -0.114. The summed E-state index contributed by atoms with van der Waals surface area (Å²) in [7, 11) is 0. The van der Waals surface area contributed by atoms with Crippen molar-refractivity contribution >= 4 is 34.6 Å². The minimum Gasteiger partial charge on any atom is -0.351 e. The Hall–Kier alpha value is -4.04. The lowest BCUT2D eigenvalue weighted by Gasteiger charge is -2.28. The number of nitrogens with zero attached hydrogens (tertiary/aromatic N) is 4. The smallest absolute Gasteiger partial charge is 0.221 e. The first kappa shape index (κ1) is 23.7. The highest BCUT2D eigenvalue weighted by Gasteiger charge is 2.42. The molecule has 0 bridgehead atoms. The number of aryl methyl sites for hydroxylation is 2. The highest BCUT2D eigenvalue weighted by molar-refractivity contribution is 7.80. The van der Waals surface area contributed by atoms with Gasteiger partial charge in [0.05, 0.1) is 17.8 Å². The number of carbonyl (C=O) groups excluding carboxylic acids is 1. The van der Waals surface area contributed by atoms with Crippen LogP contribution in [0.3, 0.4) is 0 Å². The van der Waals surface area contributed by atoms with Gasteiger partial charge in [-0.15, -0.1) is 0 Å². The highest BCUT2D eigenvalue weighted by atomic mass is 32.1. The Morgan fingerprint density at radius 1 is 1.00 bits per heavy atom. The number of rotatable bonds is 5. The van der Waals surface area contributed by atoms with Gasteiger partial charge < -0.3 is 20.1 Å². The standard InChI is InChI=1S/C28H28N6OS/c1-17-12-14-30-25(15-17)33-18(2)16-23(19(33)3)27-26(24-7-5-6-13-29-24)32-28(36)34(27)22-10-8-21(9-11-22)31-20(4)35/h5-16,26-27H,1-4H3,(H,31,35)(H,32,36)/t26-,27-/m1/s1. The van der Waals surface area contributed by atoms with Crippen molar-refractivity contribution in [2.24, 2.45) is 0 Å². The summed E-state index contributed by atoms with van der Waals surface area (Å²) in [6, 6.07) is 19.7. The van der Waals surface area contributed by atoms with Crippen molar-refractivity contribution in [1.29, 1.82) is 0 Å². The van der Waals surface area contributed by atoms with Crippen LogP contribution >= 0.6 is 12.2 Å². The van der Waals surface area contributed by atoms with Crippen LogP contribution in [0.1, 0.15) is 47.2 Å². The Kier molecular flexibility index (Phi) is 6.28.